The van der Waals surface area contributed by atoms with Gasteiger partial charge in [0, 0.05) is 57.7 Å². The number of aromatic nitrogens is 4. The molecule has 0 N–H and O–H groups in total. The molecule has 0 spiro atoms. The van der Waals surface area contributed by atoms with Crippen LogP contribution in [0.1, 0.15) is 16.1 Å². The number of carbonyl (C=O) groups is 1. The van der Waals surface area contributed by atoms with E-state index in [0.717, 1.165) is 25.4 Å². The number of benzene rings is 1. The third-order valence-corrected chi connectivity index (χ3v) is 4.79. The van der Waals surface area contributed by atoms with Gasteiger partial charge in [-0.05, 0) is 18.2 Å². The second kappa shape index (κ2) is 8.26. The maximum atomic E-state index is 12.7. The fourth-order valence-corrected chi connectivity index (χ4v) is 3.29. The van der Waals surface area contributed by atoms with E-state index < -0.39 is 0 Å². The predicted molar refractivity (Wildman–Crippen MR) is 104 cm³/mol. The Labute approximate surface area is 163 Å². The summed E-state index contributed by atoms with van der Waals surface area (Å²) in [5.41, 5.74) is 1.65. The lowest BCUT2D eigenvalue weighted by Gasteiger charge is -2.34. The fraction of sp³-hybridized carbons (Fsp3) is 0.350. The first-order valence-corrected chi connectivity index (χ1v) is 9.38. The second-order valence-electron chi connectivity index (χ2n) is 6.92. The van der Waals surface area contributed by atoms with Crippen molar-refractivity contribution in [3.63, 3.8) is 0 Å². The summed E-state index contributed by atoms with van der Waals surface area (Å²) in [5.74, 6) is 0.745. The van der Waals surface area contributed by atoms with Crippen molar-refractivity contribution < 1.29 is 9.53 Å². The van der Waals surface area contributed by atoms with E-state index in [-0.39, 0.29) is 12.6 Å². The minimum absolute atomic E-state index is 0.0283. The summed E-state index contributed by atoms with van der Waals surface area (Å²) < 4.78 is 9.12. The van der Waals surface area contributed by atoms with E-state index in [2.05, 4.69) is 15.1 Å². The van der Waals surface area contributed by atoms with Crippen molar-refractivity contribution in [2.24, 2.45) is 7.05 Å². The molecule has 146 valence electrons. The zero-order valence-electron chi connectivity index (χ0n) is 15.9. The zero-order valence-corrected chi connectivity index (χ0v) is 15.9. The number of para-hydroxylation sites is 1. The normalized spacial score (nSPS) is 15.0. The van der Waals surface area contributed by atoms with E-state index in [1.165, 1.54) is 5.56 Å². The molecule has 0 saturated carbocycles. The number of rotatable bonds is 6. The quantitative estimate of drug-likeness (QED) is 0.650. The van der Waals surface area contributed by atoms with Crippen LogP contribution in [0.15, 0.2) is 55.0 Å². The highest BCUT2D eigenvalue weighted by atomic mass is 16.5. The van der Waals surface area contributed by atoms with Crippen LogP contribution in [0.25, 0.3) is 0 Å². The van der Waals surface area contributed by atoms with Crippen molar-refractivity contribution in [3.05, 3.63) is 66.2 Å². The summed E-state index contributed by atoms with van der Waals surface area (Å²) in [4.78, 5) is 16.9. The Morgan fingerprint density at radius 2 is 1.89 bits per heavy atom. The molecule has 8 nitrogen and oxygen atoms in total. The van der Waals surface area contributed by atoms with Gasteiger partial charge in [-0.25, -0.2) is 4.68 Å². The first-order chi connectivity index (χ1) is 13.7. The number of hydrogen-bond acceptors (Lipinski definition) is 5. The first-order valence-electron chi connectivity index (χ1n) is 9.38. The Morgan fingerprint density at radius 3 is 2.61 bits per heavy atom. The molecule has 1 amide bonds. The van der Waals surface area contributed by atoms with Gasteiger partial charge in [0.15, 0.2) is 12.4 Å². The number of hydrogen-bond donors (Lipinski definition) is 0. The van der Waals surface area contributed by atoms with Gasteiger partial charge in [0.25, 0.3) is 5.91 Å². The lowest BCUT2D eigenvalue weighted by Crippen LogP contribution is -2.48. The largest absolute Gasteiger partial charge is 0.471 e. The van der Waals surface area contributed by atoms with Crippen LogP contribution < -0.4 is 4.74 Å². The van der Waals surface area contributed by atoms with Crippen LogP contribution in [0, 0.1) is 0 Å². The molecule has 1 aliphatic heterocycles. The lowest BCUT2D eigenvalue weighted by molar-refractivity contribution is 0.0621. The minimum Gasteiger partial charge on any atom is -0.471 e. The van der Waals surface area contributed by atoms with Crippen molar-refractivity contribution >= 4 is 5.91 Å². The van der Waals surface area contributed by atoms with E-state index in [0.29, 0.717) is 18.8 Å². The number of nitrogens with zero attached hydrogens (tertiary/aromatic N) is 6. The minimum atomic E-state index is -0.0283. The molecule has 8 heteroatoms. The number of aryl methyl sites for hydroxylation is 1. The molecular weight excluding hydrogens is 356 g/mol. The maximum absolute atomic E-state index is 12.7. The van der Waals surface area contributed by atoms with Crippen molar-refractivity contribution in [2.75, 3.05) is 26.2 Å². The average Bonchev–Trinajstić information content (AvgIpc) is 3.36. The van der Waals surface area contributed by atoms with Gasteiger partial charge in [0.1, 0.15) is 5.75 Å². The smallest absolute Gasteiger partial charge is 0.274 e. The highest BCUT2D eigenvalue weighted by Gasteiger charge is 2.23. The van der Waals surface area contributed by atoms with Crippen LogP contribution in [0.5, 0.6) is 5.75 Å². The maximum Gasteiger partial charge on any atom is 0.274 e. The summed E-state index contributed by atoms with van der Waals surface area (Å²) in [6.45, 7) is 4.23. The molecule has 0 aliphatic carbocycles. The summed E-state index contributed by atoms with van der Waals surface area (Å²) in [7, 11) is 1.92. The second-order valence-corrected chi connectivity index (χ2v) is 6.92. The molecular formula is C20H24N6O2. The van der Waals surface area contributed by atoms with Crippen LogP contribution in [0.4, 0.5) is 0 Å². The van der Waals surface area contributed by atoms with Crippen LogP contribution in [-0.4, -0.2) is 61.4 Å². The zero-order chi connectivity index (χ0) is 19.3. The molecule has 28 heavy (non-hydrogen) atoms. The molecule has 3 aromatic rings. The molecule has 1 aliphatic rings. The Morgan fingerprint density at radius 1 is 1.11 bits per heavy atom. The molecule has 0 radical (unpaired) electrons. The SMILES string of the molecule is Cn1cc(CN2CCN(C(=O)c3ccn(COc4ccccc4)n3)CC2)cn1. The van der Waals surface area contributed by atoms with Crippen LogP contribution >= 0.6 is 0 Å². The third kappa shape index (κ3) is 4.40. The Bertz CT molecular complexity index is 912. The van der Waals surface area contributed by atoms with Gasteiger partial charge in [-0.1, -0.05) is 18.2 Å². The van der Waals surface area contributed by atoms with Crippen molar-refractivity contribution in [1.29, 1.82) is 0 Å². The average molecular weight is 380 g/mol. The summed E-state index contributed by atoms with van der Waals surface area (Å²) in [5, 5.41) is 8.57. The molecule has 1 saturated heterocycles. The highest BCUT2D eigenvalue weighted by molar-refractivity contribution is 5.92. The molecule has 0 bridgehead atoms. The van der Waals surface area contributed by atoms with Gasteiger partial charge in [-0.3, -0.25) is 14.4 Å². The van der Waals surface area contributed by atoms with Gasteiger partial charge in [0.05, 0.1) is 6.20 Å². The van der Waals surface area contributed by atoms with Crippen molar-refractivity contribution in [2.45, 2.75) is 13.3 Å². The van der Waals surface area contributed by atoms with Crippen LogP contribution in [0.3, 0.4) is 0 Å². The van der Waals surface area contributed by atoms with E-state index in [9.17, 15) is 4.79 Å². The number of ether oxygens (including phenoxy) is 1. The van der Waals surface area contributed by atoms with E-state index >= 15 is 0 Å². The van der Waals surface area contributed by atoms with Crippen molar-refractivity contribution in [1.82, 2.24) is 29.4 Å². The predicted octanol–water partition coefficient (Wildman–Crippen LogP) is 1.61. The number of piperazine rings is 1. The van der Waals surface area contributed by atoms with Gasteiger partial charge in [-0.15, -0.1) is 0 Å². The van der Waals surface area contributed by atoms with E-state index in [1.807, 2.05) is 59.4 Å². The molecule has 1 fully saturated rings. The third-order valence-electron chi connectivity index (χ3n) is 4.79. The summed E-state index contributed by atoms with van der Waals surface area (Å²) in [6, 6.07) is 11.3. The molecule has 4 rings (SSSR count). The summed E-state index contributed by atoms with van der Waals surface area (Å²) >= 11 is 0. The van der Waals surface area contributed by atoms with Crippen molar-refractivity contribution in [3.8, 4) is 5.75 Å². The molecule has 0 atom stereocenters. The number of amides is 1. The highest BCUT2D eigenvalue weighted by Crippen LogP contribution is 2.12. The van der Waals surface area contributed by atoms with Gasteiger partial charge in [-0.2, -0.15) is 10.2 Å². The van der Waals surface area contributed by atoms with E-state index in [4.69, 9.17) is 4.74 Å². The lowest BCUT2D eigenvalue weighted by atomic mass is 10.2. The Balaban J connectivity index is 1.27. The fourth-order valence-electron chi connectivity index (χ4n) is 3.29. The topological polar surface area (TPSA) is 68.4 Å². The van der Waals surface area contributed by atoms with Gasteiger partial charge >= 0.3 is 0 Å². The van der Waals surface area contributed by atoms with Crippen LogP contribution in [0.2, 0.25) is 0 Å². The molecule has 0 unspecified atom stereocenters. The molecule has 2 aromatic heterocycles. The summed E-state index contributed by atoms with van der Waals surface area (Å²) in [6.07, 6.45) is 5.69. The molecule has 3 heterocycles. The van der Waals surface area contributed by atoms with E-state index in [1.54, 1.807) is 16.9 Å². The van der Waals surface area contributed by atoms with Gasteiger partial charge < -0.3 is 9.64 Å². The Kier molecular flexibility index (Phi) is 5.38. The monoisotopic (exact) mass is 380 g/mol. The van der Waals surface area contributed by atoms with Gasteiger partial charge in [0.2, 0.25) is 0 Å². The first kappa shape index (κ1) is 18.2. The molecule has 1 aromatic carbocycles. The van der Waals surface area contributed by atoms with Crippen LogP contribution in [-0.2, 0) is 20.3 Å². The number of carbonyl (C=O) groups excluding carboxylic acids is 1. The Hall–Kier alpha value is -3.13. The standard InChI is InChI=1S/C20H24N6O2/c1-23-14-17(13-21-23)15-24-9-11-25(12-10-24)20(27)19-7-8-26(22-19)16-28-18-5-3-2-4-6-18/h2-8,13-14H,9-12,15-16H2,1H3.